The molecule has 1 atom stereocenters. The van der Waals surface area contributed by atoms with E-state index in [2.05, 4.69) is 60.9 Å². The van der Waals surface area contributed by atoms with Crippen LogP contribution < -0.4 is 5.32 Å². The molecule has 1 aromatic heterocycles. The van der Waals surface area contributed by atoms with Gasteiger partial charge in [0.25, 0.3) is 0 Å². The molecule has 1 N–H and O–H groups in total. The lowest BCUT2D eigenvalue weighted by Crippen LogP contribution is -2.24. The molecule has 0 amide bonds. The van der Waals surface area contributed by atoms with Gasteiger partial charge in [-0.3, -0.25) is 0 Å². The number of nitrogens with one attached hydrogen (secondary N) is 1. The van der Waals surface area contributed by atoms with E-state index in [0.29, 0.717) is 6.04 Å². The Labute approximate surface area is 127 Å². The van der Waals surface area contributed by atoms with Crippen LogP contribution in [0, 0.1) is 0 Å². The van der Waals surface area contributed by atoms with Crippen molar-refractivity contribution >= 4 is 11.3 Å². The van der Waals surface area contributed by atoms with Crippen LogP contribution in [-0.4, -0.2) is 6.04 Å². The lowest BCUT2D eigenvalue weighted by molar-refractivity contribution is 0.489. The molecule has 2 rings (SSSR count). The molecule has 1 unspecified atom stereocenters. The molecule has 2 aromatic rings. The second-order valence-electron chi connectivity index (χ2n) is 5.45. The minimum atomic E-state index is 0.615. The van der Waals surface area contributed by atoms with Crippen molar-refractivity contribution < 1.29 is 0 Å². The quantitative estimate of drug-likeness (QED) is 0.634. The lowest BCUT2D eigenvalue weighted by Gasteiger charge is -2.12. The van der Waals surface area contributed by atoms with Crippen molar-refractivity contribution in [1.82, 2.24) is 5.32 Å². The minimum Gasteiger partial charge on any atom is -0.309 e. The molecule has 0 bridgehead atoms. The van der Waals surface area contributed by atoms with Gasteiger partial charge in [0.2, 0.25) is 0 Å². The largest absolute Gasteiger partial charge is 0.309 e. The van der Waals surface area contributed by atoms with Crippen LogP contribution in [0.25, 0.3) is 11.1 Å². The summed E-state index contributed by atoms with van der Waals surface area (Å²) in [5.41, 5.74) is 2.65. The van der Waals surface area contributed by atoms with Gasteiger partial charge < -0.3 is 5.32 Å². The normalized spacial score (nSPS) is 12.5. The molecule has 0 radical (unpaired) electrons. The van der Waals surface area contributed by atoms with Crippen LogP contribution in [0.2, 0.25) is 0 Å². The predicted octanol–water partition coefficient (Wildman–Crippen LogP) is 5.47. The van der Waals surface area contributed by atoms with Gasteiger partial charge in [0.05, 0.1) is 0 Å². The van der Waals surface area contributed by atoms with Crippen LogP contribution in [0.5, 0.6) is 0 Å². The molecule has 0 aliphatic carbocycles. The van der Waals surface area contributed by atoms with E-state index in [1.807, 2.05) is 11.3 Å². The number of thiophene rings is 1. The Morgan fingerprint density at radius 2 is 1.90 bits per heavy atom. The molecule has 1 heterocycles. The molecule has 0 fully saturated rings. The van der Waals surface area contributed by atoms with Crippen molar-refractivity contribution in [3.05, 3.63) is 46.7 Å². The fraction of sp³-hybridized carbons (Fsp3) is 0.444. The van der Waals surface area contributed by atoms with Crippen LogP contribution in [0.1, 0.15) is 44.4 Å². The molecule has 0 aliphatic rings. The fourth-order valence-electron chi connectivity index (χ4n) is 2.33. The maximum absolute atomic E-state index is 3.63. The monoisotopic (exact) mass is 287 g/mol. The molecular formula is C18H25NS. The third-order valence-corrected chi connectivity index (χ3v) is 4.56. The standard InChI is InChI=1S/C18H25NS/c1-3-4-6-9-15(2)19-13-18-12-17(14-20-18)16-10-7-5-8-11-16/h5,7-8,10-12,14-15,19H,3-4,6,9,13H2,1-2H3. The third kappa shape index (κ3) is 4.77. The van der Waals surface area contributed by atoms with Gasteiger partial charge in [-0.05, 0) is 35.9 Å². The first-order valence-corrected chi connectivity index (χ1v) is 8.53. The summed E-state index contributed by atoms with van der Waals surface area (Å²) >= 11 is 1.85. The maximum Gasteiger partial charge on any atom is 0.0302 e. The highest BCUT2D eigenvalue weighted by Crippen LogP contribution is 2.25. The summed E-state index contributed by atoms with van der Waals surface area (Å²) in [5, 5.41) is 5.89. The van der Waals surface area contributed by atoms with Crippen molar-refractivity contribution in [2.45, 2.75) is 52.1 Å². The zero-order chi connectivity index (χ0) is 14.2. The Hall–Kier alpha value is -1.12. The Morgan fingerprint density at radius 1 is 1.10 bits per heavy atom. The summed E-state index contributed by atoms with van der Waals surface area (Å²) in [4.78, 5) is 1.42. The summed E-state index contributed by atoms with van der Waals surface area (Å²) in [6, 6.07) is 13.5. The van der Waals surface area contributed by atoms with Crippen LogP contribution >= 0.6 is 11.3 Å². The van der Waals surface area contributed by atoms with Crippen molar-refractivity contribution in [2.75, 3.05) is 0 Å². The van der Waals surface area contributed by atoms with Crippen molar-refractivity contribution in [1.29, 1.82) is 0 Å². The van der Waals surface area contributed by atoms with Crippen LogP contribution in [0.4, 0.5) is 0 Å². The zero-order valence-electron chi connectivity index (χ0n) is 12.6. The molecule has 1 nitrogen and oxygen atoms in total. The second-order valence-corrected chi connectivity index (χ2v) is 6.44. The third-order valence-electron chi connectivity index (χ3n) is 3.63. The SMILES string of the molecule is CCCCCC(C)NCc1cc(-c2ccccc2)cs1. The molecule has 1 aromatic carbocycles. The number of rotatable bonds is 8. The summed E-state index contributed by atoms with van der Waals surface area (Å²) in [7, 11) is 0. The first-order chi connectivity index (χ1) is 9.79. The Morgan fingerprint density at radius 3 is 2.65 bits per heavy atom. The highest BCUT2D eigenvalue weighted by atomic mass is 32.1. The number of hydrogen-bond acceptors (Lipinski definition) is 2. The Bertz CT molecular complexity index is 489. The summed E-state index contributed by atoms with van der Waals surface area (Å²) in [5.74, 6) is 0. The molecule has 20 heavy (non-hydrogen) atoms. The number of hydrogen-bond donors (Lipinski definition) is 1. The van der Waals surface area contributed by atoms with Crippen LogP contribution in [-0.2, 0) is 6.54 Å². The van der Waals surface area contributed by atoms with Gasteiger partial charge in [0, 0.05) is 17.5 Å². The number of benzene rings is 1. The van der Waals surface area contributed by atoms with E-state index in [9.17, 15) is 0 Å². The summed E-state index contributed by atoms with van der Waals surface area (Å²) in [6.45, 7) is 5.54. The van der Waals surface area contributed by atoms with Crippen molar-refractivity contribution in [3.8, 4) is 11.1 Å². The van der Waals surface area contributed by atoms with E-state index in [0.717, 1.165) is 6.54 Å². The van der Waals surface area contributed by atoms with E-state index in [-0.39, 0.29) is 0 Å². The van der Waals surface area contributed by atoms with Crippen molar-refractivity contribution in [3.63, 3.8) is 0 Å². The van der Waals surface area contributed by atoms with Crippen LogP contribution in [0.3, 0.4) is 0 Å². The Kier molecular flexibility index (Phi) is 6.28. The first kappa shape index (κ1) is 15.3. The Balaban J connectivity index is 1.81. The average Bonchev–Trinajstić information content (AvgIpc) is 2.95. The lowest BCUT2D eigenvalue weighted by atomic mass is 10.1. The van der Waals surface area contributed by atoms with Crippen LogP contribution in [0.15, 0.2) is 41.8 Å². The van der Waals surface area contributed by atoms with E-state index >= 15 is 0 Å². The second kappa shape index (κ2) is 8.23. The highest BCUT2D eigenvalue weighted by Gasteiger charge is 2.04. The maximum atomic E-state index is 3.63. The summed E-state index contributed by atoms with van der Waals surface area (Å²) in [6.07, 6.45) is 5.27. The molecular weight excluding hydrogens is 262 g/mol. The summed E-state index contributed by atoms with van der Waals surface area (Å²) < 4.78 is 0. The molecule has 108 valence electrons. The predicted molar refractivity (Wildman–Crippen MR) is 90.2 cm³/mol. The molecule has 2 heteroatoms. The smallest absolute Gasteiger partial charge is 0.0302 e. The van der Waals surface area contributed by atoms with Gasteiger partial charge in [-0.1, -0.05) is 56.5 Å². The fourth-order valence-corrected chi connectivity index (χ4v) is 3.18. The number of unbranched alkanes of at least 4 members (excludes halogenated alkanes) is 2. The van der Waals surface area contributed by atoms with E-state index in [1.54, 1.807) is 0 Å². The van der Waals surface area contributed by atoms with Gasteiger partial charge in [-0.2, -0.15) is 0 Å². The van der Waals surface area contributed by atoms with Gasteiger partial charge in [0.1, 0.15) is 0 Å². The van der Waals surface area contributed by atoms with Gasteiger partial charge in [-0.25, -0.2) is 0 Å². The zero-order valence-corrected chi connectivity index (χ0v) is 13.4. The van der Waals surface area contributed by atoms with Gasteiger partial charge >= 0.3 is 0 Å². The van der Waals surface area contributed by atoms with Gasteiger partial charge in [0.15, 0.2) is 0 Å². The topological polar surface area (TPSA) is 12.0 Å². The van der Waals surface area contributed by atoms with E-state index in [1.165, 1.54) is 41.7 Å². The highest BCUT2D eigenvalue weighted by molar-refractivity contribution is 7.10. The van der Waals surface area contributed by atoms with Gasteiger partial charge in [-0.15, -0.1) is 11.3 Å². The molecule has 0 spiro atoms. The molecule has 0 saturated carbocycles. The van der Waals surface area contributed by atoms with E-state index in [4.69, 9.17) is 0 Å². The first-order valence-electron chi connectivity index (χ1n) is 7.66. The molecule has 0 saturated heterocycles. The minimum absolute atomic E-state index is 0.615. The van der Waals surface area contributed by atoms with E-state index < -0.39 is 0 Å². The van der Waals surface area contributed by atoms with Crippen molar-refractivity contribution in [2.24, 2.45) is 0 Å². The average molecular weight is 287 g/mol. The molecule has 0 aliphatic heterocycles.